The quantitative estimate of drug-likeness (QED) is 0.655. The molecule has 0 aromatic carbocycles. The average molecular weight is 411 g/mol. The Balaban J connectivity index is 1.61. The van der Waals surface area contributed by atoms with Gasteiger partial charge in [-0.3, -0.25) is 9.48 Å². The first-order valence-electron chi connectivity index (χ1n) is 9.15. The number of rotatable bonds is 7. The van der Waals surface area contributed by atoms with Gasteiger partial charge in [0, 0.05) is 44.7 Å². The summed E-state index contributed by atoms with van der Waals surface area (Å²) in [6.07, 6.45) is 1.53. The third-order valence-corrected chi connectivity index (χ3v) is 6.18. The van der Waals surface area contributed by atoms with Crippen molar-refractivity contribution in [3.63, 3.8) is 0 Å². The molecule has 11 heteroatoms. The molecule has 1 amide bonds. The van der Waals surface area contributed by atoms with E-state index in [4.69, 9.17) is 4.52 Å². The molecule has 0 spiro atoms. The van der Waals surface area contributed by atoms with Crippen LogP contribution in [0, 0.1) is 6.92 Å². The topological polar surface area (TPSA) is 114 Å². The number of carbonyl (C=O) groups excluding carboxylic acids is 1. The maximum atomic E-state index is 12.5. The summed E-state index contributed by atoms with van der Waals surface area (Å²) in [5.74, 6) is 0.947. The van der Waals surface area contributed by atoms with E-state index in [-0.39, 0.29) is 24.4 Å². The summed E-state index contributed by atoms with van der Waals surface area (Å²) in [4.78, 5) is 18.4. The first kappa shape index (κ1) is 20.5. The zero-order valence-corrected chi connectivity index (χ0v) is 17.6. The molecule has 0 aliphatic carbocycles. The second-order valence-electron chi connectivity index (χ2n) is 7.49. The van der Waals surface area contributed by atoms with Crippen LogP contribution in [0.4, 0.5) is 0 Å². The van der Waals surface area contributed by atoms with Gasteiger partial charge in [-0.1, -0.05) is 19.0 Å². The molecule has 0 radical (unpaired) electrons. The highest BCUT2D eigenvalue weighted by atomic mass is 32.2. The summed E-state index contributed by atoms with van der Waals surface area (Å²) in [7, 11) is -1.65. The van der Waals surface area contributed by atoms with E-state index >= 15 is 0 Å². The minimum atomic E-state index is -3.43. The Bertz CT molecular complexity index is 939. The van der Waals surface area contributed by atoms with Crippen molar-refractivity contribution in [1.29, 1.82) is 0 Å². The predicted molar refractivity (Wildman–Crippen MR) is 101 cm³/mol. The summed E-state index contributed by atoms with van der Waals surface area (Å²) < 4.78 is 32.7. The number of aryl methyl sites for hydroxylation is 2. The monoisotopic (exact) mass is 410 g/mol. The molecule has 0 unspecified atom stereocenters. The van der Waals surface area contributed by atoms with Crippen molar-refractivity contribution in [3.05, 3.63) is 29.2 Å². The molecule has 3 rings (SSSR count). The van der Waals surface area contributed by atoms with Gasteiger partial charge in [0.1, 0.15) is 0 Å². The third kappa shape index (κ3) is 4.25. The fourth-order valence-electron chi connectivity index (χ4n) is 3.06. The molecular formula is C17H26N6O4S. The first-order chi connectivity index (χ1) is 13.1. The number of carbonyl (C=O) groups is 1. The van der Waals surface area contributed by atoms with E-state index in [1.165, 1.54) is 10.6 Å². The molecule has 0 N–H and O–H groups in total. The molecule has 2 aromatic rings. The molecule has 10 nitrogen and oxygen atoms in total. The van der Waals surface area contributed by atoms with E-state index in [1.807, 2.05) is 20.8 Å². The number of nitrogens with zero attached hydrogens (tertiary/aromatic N) is 6. The van der Waals surface area contributed by atoms with Crippen LogP contribution < -0.4 is 0 Å². The molecule has 0 atom stereocenters. The van der Waals surface area contributed by atoms with Crippen molar-refractivity contribution in [1.82, 2.24) is 29.1 Å². The molecule has 1 aliphatic heterocycles. The van der Waals surface area contributed by atoms with Gasteiger partial charge in [0.15, 0.2) is 11.5 Å². The van der Waals surface area contributed by atoms with Gasteiger partial charge >= 0.3 is 0 Å². The highest BCUT2D eigenvalue weighted by Crippen LogP contribution is 2.21. The van der Waals surface area contributed by atoms with Crippen LogP contribution in [-0.2, 0) is 23.5 Å². The van der Waals surface area contributed by atoms with Crippen molar-refractivity contribution in [2.75, 3.05) is 25.9 Å². The van der Waals surface area contributed by atoms with Crippen molar-refractivity contribution in [2.45, 2.75) is 39.2 Å². The molecule has 1 aliphatic rings. The van der Waals surface area contributed by atoms with Crippen molar-refractivity contribution in [2.24, 2.45) is 7.05 Å². The Morgan fingerprint density at radius 1 is 1.39 bits per heavy atom. The normalized spacial score (nSPS) is 15.5. The molecular weight excluding hydrogens is 384 g/mol. The first-order valence-corrected chi connectivity index (χ1v) is 11.0. The Hall–Kier alpha value is -2.27. The van der Waals surface area contributed by atoms with E-state index in [9.17, 15) is 13.2 Å². The van der Waals surface area contributed by atoms with Gasteiger partial charge in [0.2, 0.25) is 15.9 Å². The van der Waals surface area contributed by atoms with Gasteiger partial charge in [-0.2, -0.15) is 14.4 Å². The maximum Gasteiger partial charge on any atom is 0.274 e. The van der Waals surface area contributed by atoms with Crippen LogP contribution in [0.5, 0.6) is 0 Å². The summed E-state index contributed by atoms with van der Waals surface area (Å²) >= 11 is 0. The maximum absolute atomic E-state index is 12.5. The predicted octanol–water partition coefficient (Wildman–Crippen LogP) is 0.564. The van der Waals surface area contributed by atoms with Gasteiger partial charge < -0.3 is 9.42 Å². The molecule has 2 aromatic heterocycles. The van der Waals surface area contributed by atoms with Crippen LogP contribution in [0.15, 0.2) is 10.6 Å². The van der Waals surface area contributed by atoms with Gasteiger partial charge in [-0.15, -0.1) is 0 Å². The molecule has 3 heterocycles. The van der Waals surface area contributed by atoms with Crippen LogP contribution in [0.1, 0.15) is 47.7 Å². The van der Waals surface area contributed by atoms with E-state index < -0.39 is 10.0 Å². The summed E-state index contributed by atoms with van der Waals surface area (Å²) in [6, 6.07) is 1.47. The van der Waals surface area contributed by atoms with Gasteiger partial charge in [-0.05, 0) is 13.0 Å². The standard InChI is InChI=1S/C17H26N6O4S/c1-11(2)16-18-15(20-27-16)6-7-23(28(5,25)26)13-9-22(10-13)17(24)14-8-12(3)21(4)19-14/h8,11,13H,6-7,9-10H2,1-5H3. The summed E-state index contributed by atoms with van der Waals surface area (Å²) in [6.45, 7) is 6.68. The fourth-order valence-corrected chi connectivity index (χ4v) is 4.16. The van der Waals surface area contributed by atoms with Gasteiger partial charge in [0.25, 0.3) is 5.91 Å². The lowest BCUT2D eigenvalue weighted by Gasteiger charge is -2.43. The average Bonchev–Trinajstić information content (AvgIpc) is 3.15. The molecule has 154 valence electrons. The van der Waals surface area contributed by atoms with E-state index in [1.54, 1.807) is 22.7 Å². The van der Waals surface area contributed by atoms with Crippen LogP contribution in [0.2, 0.25) is 0 Å². The van der Waals surface area contributed by atoms with Crippen LogP contribution >= 0.6 is 0 Å². The largest absolute Gasteiger partial charge is 0.339 e. The van der Waals surface area contributed by atoms with Crippen LogP contribution in [-0.4, -0.2) is 75.4 Å². The summed E-state index contributed by atoms with van der Waals surface area (Å²) in [5, 5.41) is 8.10. The zero-order chi connectivity index (χ0) is 20.6. The zero-order valence-electron chi connectivity index (χ0n) is 16.8. The second-order valence-corrected chi connectivity index (χ2v) is 9.42. The third-order valence-electron chi connectivity index (χ3n) is 4.85. The Morgan fingerprint density at radius 3 is 2.57 bits per heavy atom. The van der Waals surface area contributed by atoms with Crippen molar-refractivity contribution in [3.8, 4) is 0 Å². The Labute approximate surface area is 164 Å². The second kappa shape index (κ2) is 7.63. The molecule has 0 bridgehead atoms. The number of likely N-dealkylation sites (tertiary alicyclic amines) is 1. The number of hydrogen-bond donors (Lipinski definition) is 0. The molecule has 0 saturated carbocycles. The fraction of sp³-hybridized carbons (Fsp3) is 0.647. The highest BCUT2D eigenvalue weighted by molar-refractivity contribution is 7.88. The number of aromatic nitrogens is 4. The van der Waals surface area contributed by atoms with Crippen molar-refractivity contribution < 1.29 is 17.7 Å². The molecule has 28 heavy (non-hydrogen) atoms. The smallest absolute Gasteiger partial charge is 0.274 e. The number of amides is 1. The lowest BCUT2D eigenvalue weighted by molar-refractivity contribution is 0.0447. The highest BCUT2D eigenvalue weighted by Gasteiger charge is 2.39. The molecule has 1 saturated heterocycles. The number of hydrogen-bond acceptors (Lipinski definition) is 7. The lowest BCUT2D eigenvalue weighted by Crippen LogP contribution is -2.62. The SMILES string of the molecule is Cc1cc(C(=O)N2CC(N(CCc3noc(C(C)C)n3)S(C)(=O)=O)C2)nn1C. The van der Waals surface area contributed by atoms with Gasteiger partial charge in [-0.25, -0.2) is 8.42 Å². The van der Waals surface area contributed by atoms with E-state index in [0.29, 0.717) is 36.9 Å². The Morgan fingerprint density at radius 2 is 2.07 bits per heavy atom. The van der Waals surface area contributed by atoms with E-state index in [2.05, 4.69) is 15.2 Å². The number of sulfonamides is 1. The van der Waals surface area contributed by atoms with Crippen molar-refractivity contribution >= 4 is 15.9 Å². The lowest BCUT2D eigenvalue weighted by atomic mass is 10.1. The summed E-state index contributed by atoms with van der Waals surface area (Å²) in [5.41, 5.74) is 1.26. The van der Waals surface area contributed by atoms with Gasteiger partial charge in [0.05, 0.1) is 12.3 Å². The van der Waals surface area contributed by atoms with E-state index in [0.717, 1.165) is 5.69 Å². The van der Waals surface area contributed by atoms with Crippen LogP contribution in [0.3, 0.4) is 0 Å². The minimum Gasteiger partial charge on any atom is -0.339 e. The molecule has 1 fully saturated rings. The minimum absolute atomic E-state index is 0.119. The van der Waals surface area contributed by atoms with Crippen LogP contribution in [0.25, 0.3) is 0 Å². The Kier molecular flexibility index (Phi) is 5.57.